The highest BCUT2D eigenvalue weighted by Crippen LogP contribution is 2.25. The molecule has 0 fully saturated rings. The van der Waals surface area contributed by atoms with Gasteiger partial charge in [0.2, 0.25) is 0 Å². The molecule has 0 radical (unpaired) electrons. The molecule has 0 atom stereocenters. The molecule has 1 aliphatic heterocycles. The Hall–Kier alpha value is -1.46. The lowest BCUT2D eigenvalue weighted by Crippen LogP contribution is -2.14. The van der Waals surface area contributed by atoms with Crippen LogP contribution in [0.15, 0.2) is 39.4 Å². The van der Waals surface area contributed by atoms with Crippen LogP contribution >= 0.6 is 28.3 Å². The van der Waals surface area contributed by atoms with Crippen molar-refractivity contribution in [1.82, 2.24) is 0 Å². The van der Waals surface area contributed by atoms with E-state index in [2.05, 4.69) is 26.6 Å². The molecule has 1 aromatic heterocycles. The van der Waals surface area contributed by atoms with Gasteiger partial charge in [-0.2, -0.15) is 0 Å². The molecule has 0 bridgehead atoms. The first-order valence-electron chi connectivity index (χ1n) is 6.16. The number of rotatable bonds is 2. The third kappa shape index (κ3) is 3.16. The predicted molar refractivity (Wildman–Crippen MR) is 84.9 cm³/mol. The Morgan fingerprint density at radius 2 is 2.15 bits per heavy atom. The number of carbonyl (C=O) groups excluding carboxylic acids is 1. The van der Waals surface area contributed by atoms with E-state index < -0.39 is 0 Å². The van der Waals surface area contributed by atoms with Gasteiger partial charge in [-0.1, -0.05) is 0 Å². The van der Waals surface area contributed by atoms with Crippen LogP contribution in [0.3, 0.4) is 0 Å². The largest absolute Gasteiger partial charge is 0.444 e. The molecule has 0 saturated heterocycles. The predicted octanol–water partition coefficient (Wildman–Crippen LogP) is 4.07. The van der Waals surface area contributed by atoms with E-state index in [0.717, 1.165) is 30.8 Å². The van der Waals surface area contributed by atoms with Crippen LogP contribution < -0.4 is 10.6 Å². The second-order valence-corrected chi connectivity index (χ2v) is 5.24. The molecule has 6 heteroatoms. The number of aryl methyl sites for hydroxylation is 1. The number of nitrogens with one attached hydrogen (secondary N) is 2. The first-order valence-corrected chi connectivity index (χ1v) is 6.95. The van der Waals surface area contributed by atoms with E-state index >= 15 is 0 Å². The van der Waals surface area contributed by atoms with E-state index in [-0.39, 0.29) is 18.3 Å². The third-order valence-corrected chi connectivity index (χ3v) is 3.52. The summed E-state index contributed by atoms with van der Waals surface area (Å²) in [5.41, 5.74) is 3.19. The molecule has 4 nitrogen and oxygen atoms in total. The summed E-state index contributed by atoms with van der Waals surface area (Å²) in [5, 5.41) is 6.18. The number of benzene rings is 1. The van der Waals surface area contributed by atoms with Crippen molar-refractivity contribution in [3.8, 4) is 0 Å². The highest BCUT2D eigenvalue weighted by molar-refractivity contribution is 9.10. The Kier molecular flexibility index (Phi) is 4.73. The van der Waals surface area contributed by atoms with Crippen LogP contribution in [0, 0.1) is 0 Å². The molecular weight excluding hydrogens is 344 g/mol. The van der Waals surface area contributed by atoms with Gasteiger partial charge in [0.15, 0.2) is 10.4 Å². The molecule has 20 heavy (non-hydrogen) atoms. The van der Waals surface area contributed by atoms with E-state index in [1.807, 2.05) is 18.2 Å². The lowest BCUT2D eigenvalue weighted by Gasteiger charge is -2.18. The van der Waals surface area contributed by atoms with Gasteiger partial charge in [-0.25, -0.2) is 0 Å². The van der Waals surface area contributed by atoms with Crippen molar-refractivity contribution >= 4 is 45.6 Å². The van der Waals surface area contributed by atoms with Crippen LogP contribution in [0.2, 0.25) is 0 Å². The molecule has 1 aromatic carbocycles. The van der Waals surface area contributed by atoms with Crippen molar-refractivity contribution in [1.29, 1.82) is 0 Å². The first kappa shape index (κ1) is 14.9. The van der Waals surface area contributed by atoms with Gasteiger partial charge in [0.05, 0.1) is 0 Å². The zero-order valence-electron chi connectivity index (χ0n) is 10.6. The molecule has 3 rings (SSSR count). The van der Waals surface area contributed by atoms with Crippen molar-refractivity contribution in [2.45, 2.75) is 12.8 Å². The molecule has 2 N–H and O–H groups in total. The van der Waals surface area contributed by atoms with Crippen LogP contribution in [0.25, 0.3) is 0 Å². The molecule has 106 valence electrons. The molecule has 1 aliphatic rings. The van der Waals surface area contributed by atoms with Gasteiger partial charge < -0.3 is 15.1 Å². The lowest BCUT2D eigenvalue weighted by molar-refractivity contribution is 0.0995. The number of anilines is 2. The Bertz CT molecular complexity index is 627. The number of furan rings is 1. The number of fused-ring (bicyclic) bond motifs is 1. The minimum atomic E-state index is -0.241. The number of halogens is 2. The summed E-state index contributed by atoms with van der Waals surface area (Å²) >= 11 is 3.18. The third-order valence-electron chi connectivity index (χ3n) is 3.10. The smallest absolute Gasteiger partial charge is 0.291 e. The van der Waals surface area contributed by atoms with E-state index in [0.29, 0.717) is 10.4 Å². The zero-order valence-corrected chi connectivity index (χ0v) is 13.0. The van der Waals surface area contributed by atoms with Gasteiger partial charge in [-0.3, -0.25) is 4.79 Å². The fourth-order valence-corrected chi connectivity index (χ4v) is 2.49. The van der Waals surface area contributed by atoms with E-state index in [1.165, 1.54) is 5.56 Å². The van der Waals surface area contributed by atoms with E-state index in [1.54, 1.807) is 12.1 Å². The van der Waals surface area contributed by atoms with Gasteiger partial charge in [0.25, 0.3) is 5.91 Å². The average molecular weight is 358 g/mol. The summed E-state index contributed by atoms with van der Waals surface area (Å²) in [6.07, 6.45) is 2.16. The minimum absolute atomic E-state index is 0. The Morgan fingerprint density at radius 3 is 2.90 bits per heavy atom. The van der Waals surface area contributed by atoms with Gasteiger partial charge in [-0.15, -0.1) is 12.4 Å². The topological polar surface area (TPSA) is 54.3 Å². The van der Waals surface area contributed by atoms with Crippen LogP contribution in [0.5, 0.6) is 0 Å². The summed E-state index contributed by atoms with van der Waals surface area (Å²) in [4.78, 5) is 12.0. The van der Waals surface area contributed by atoms with Crippen molar-refractivity contribution < 1.29 is 9.21 Å². The molecule has 2 aromatic rings. The maximum Gasteiger partial charge on any atom is 0.291 e. The monoisotopic (exact) mass is 356 g/mol. The zero-order chi connectivity index (χ0) is 13.2. The molecular formula is C14H14BrClN2O2. The normalized spacial score (nSPS) is 12.8. The first-order chi connectivity index (χ1) is 9.22. The molecule has 0 unspecified atom stereocenters. The number of hydrogen-bond donors (Lipinski definition) is 2. The Balaban J connectivity index is 0.00000147. The van der Waals surface area contributed by atoms with Crippen LogP contribution in [0.4, 0.5) is 11.4 Å². The number of carbonyl (C=O) groups is 1. The fourth-order valence-electron chi connectivity index (χ4n) is 2.18. The van der Waals surface area contributed by atoms with Gasteiger partial charge in [0, 0.05) is 17.9 Å². The summed E-state index contributed by atoms with van der Waals surface area (Å²) in [7, 11) is 0. The number of amides is 1. The van der Waals surface area contributed by atoms with Crippen LogP contribution in [-0.2, 0) is 6.42 Å². The number of hydrogen-bond acceptors (Lipinski definition) is 3. The highest BCUT2D eigenvalue weighted by atomic mass is 79.9. The van der Waals surface area contributed by atoms with Gasteiger partial charge in [-0.05, 0) is 64.7 Å². The molecule has 0 spiro atoms. The van der Waals surface area contributed by atoms with Crippen LogP contribution in [-0.4, -0.2) is 12.5 Å². The molecule has 1 amide bonds. The standard InChI is InChI=1S/C14H13BrN2O2.ClH/c15-13-6-5-12(19-13)14(18)17-10-3-4-11-9(8-10)2-1-7-16-11;/h3-6,8,16H,1-2,7H2,(H,17,18);1H. The summed E-state index contributed by atoms with van der Waals surface area (Å²) < 4.78 is 5.77. The van der Waals surface area contributed by atoms with Crippen molar-refractivity contribution in [3.63, 3.8) is 0 Å². The summed E-state index contributed by atoms with van der Waals surface area (Å²) in [5.74, 6) is 0.0529. The molecule has 0 aliphatic carbocycles. The van der Waals surface area contributed by atoms with Gasteiger partial charge in [0.1, 0.15) is 0 Å². The lowest BCUT2D eigenvalue weighted by atomic mass is 10.0. The minimum Gasteiger partial charge on any atom is -0.444 e. The van der Waals surface area contributed by atoms with Crippen molar-refractivity contribution in [3.05, 3.63) is 46.3 Å². The second-order valence-electron chi connectivity index (χ2n) is 4.46. The van der Waals surface area contributed by atoms with Gasteiger partial charge >= 0.3 is 0 Å². The average Bonchev–Trinajstić information content (AvgIpc) is 2.85. The SMILES string of the molecule is Cl.O=C(Nc1ccc2c(c1)CCCN2)c1ccc(Br)o1. The summed E-state index contributed by atoms with van der Waals surface area (Å²) in [6, 6.07) is 9.25. The van der Waals surface area contributed by atoms with E-state index in [9.17, 15) is 4.79 Å². The Labute approximate surface area is 131 Å². The molecule has 2 heterocycles. The van der Waals surface area contributed by atoms with E-state index in [4.69, 9.17) is 4.42 Å². The maximum atomic E-state index is 12.0. The molecule has 0 saturated carbocycles. The maximum absolute atomic E-state index is 12.0. The Morgan fingerprint density at radius 1 is 1.30 bits per heavy atom. The van der Waals surface area contributed by atoms with Crippen molar-refractivity contribution in [2.75, 3.05) is 17.2 Å². The highest BCUT2D eigenvalue weighted by Gasteiger charge is 2.13. The second kappa shape index (κ2) is 6.33. The van der Waals surface area contributed by atoms with Crippen molar-refractivity contribution in [2.24, 2.45) is 0 Å². The summed E-state index contributed by atoms with van der Waals surface area (Å²) in [6.45, 7) is 1.01. The van der Waals surface area contributed by atoms with Crippen LogP contribution in [0.1, 0.15) is 22.5 Å². The quantitative estimate of drug-likeness (QED) is 0.851. The fraction of sp³-hybridized carbons (Fsp3) is 0.214.